The van der Waals surface area contributed by atoms with E-state index in [1.165, 1.54) is 19.2 Å². The van der Waals surface area contributed by atoms with Crippen molar-refractivity contribution in [1.29, 1.82) is 0 Å². The van der Waals surface area contributed by atoms with Gasteiger partial charge in [-0.05, 0) is 18.2 Å². The molecular formula is C12H15FN2O3. The molecule has 1 aliphatic heterocycles. The average Bonchev–Trinajstić information content (AvgIpc) is 2.40. The van der Waals surface area contributed by atoms with Crippen molar-refractivity contribution in [2.24, 2.45) is 0 Å². The molecule has 6 heteroatoms. The van der Waals surface area contributed by atoms with E-state index in [9.17, 15) is 9.18 Å². The third-order valence-electron chi connectivity index (χ3n) is 2.73. The van der Waals surface area contributed by atoms with Gasteiger partial charge < -0.3 is 14.4 Å². The molecule has 1 saturated heterocycles. The van der Waals surface area contributed by atoms with E-state index in [4.69, 9.17) is 4.74 Å². The fraction of sp³-hybridized carbons (Fsp3) is 0.417. The van der Waals surface area contributed by atoms with Crippen molar-refractivity contribution in [2.45, 2.75) is 0 Å². The van der Waals surface area contributed by atoms with Crippen molar-refractivity contribution in [3.8, 4) is 0 Å². The van der Waals surface area contributed by atoms with Gasteiger partial charge in [0.25, 0.3) is 0 Å². The lowest BCUT2D eigenvalue weighted by Gasteiger charge is -2.30. The van der Waals surface area contributed by atoms with Crippen LogP contribution >= 0.6 is 0 Å². The number of hydrogen-bond donors (Lipinski definition) is 1. The molecule has 0 unspecified atom stereocenters. The number of methoxy groups -OCH3 is 1. The van der Waals surface area contributed by atoms with Crippen molar-refractivity contribution in [2.75, 3.05) is 43.6 Å². The van der Waals surface area contributed by atoms with Crippen LogP contribution in [-0.2, 0) is 9.47 Å². The van der Waals surface area contributed by atoms with Crippen LogP contribution < -0.4 is 10.2 Å². The van der Waals surface area contributed by atoms with Crippen LogP contribution in [0.15, 0.2) is 18.2 Å². The summed E-state index contributed by atoms with van der Waals surface area (Å²) in [6.07, 6.45) is -0.616. The Morgan fingerprint density at radius 3 is 2.83 bits per heavy atom. The van der Waals surface area contributed by atoms with Crippen LogP contribution in [0.4, 0.5) is 20.6 Å². The molecule has 1 amide bonds. The van der Waals surface area contributed by atoms with Crippen LogP contribution in [0.1, 0.15) is 0 Å². The summed E-state index contributed by atoms with van der Waals surface area (Å²) in [5, 5.41) is 2.51. The minimum atomic E-state index is -0.616. The van der Waals surface area contributed by atoms with Crippen molar-refractivity contribution in [3.63, 3.8) is 0 Å². The highest BCUT2D eigenvalue weighted by Gasteiger charge is 2.16. The first-order valence-electron chi connectivity index (χ1n) is 5.68. The third kappa shape index (κ3) is 2.89. The maximum Gasteiger partial charge on any atom is 0.411 e. The number of morpholine rings is 1. The lowest BCUT2D eigenvalue weighted by atomic mass is 10.2. The van der Waals surface area contributed by atoms with E-state index in [1.807, 2.05) is 4.90 Å². The Hall–Kier alpha value is -1.82. The van der Waals surface area contributed by atoms with Crippen molar-refractivity contribution >= 4 is 17.5 Å². The molecular weight excluding hydrogens is 239 g/mol. The molecule has 2 rings (SSSR count). The molecule has 5 nitrogen and oxygen atoms in total. The first-order chi connectivity index (χ1) is 8.70. The first kappa shape index (κ1) is 12.6. The standard InChI is InChI=1S/C12H15FN2O3/c1-17-12(16)14-10-8-9(13)2-3-11(10)15-4-6-18-7-5-15/h2-3,8H,4-7H2,1H3,(H,14,16). The molecule has 1 aromatic carbocycles. The molecule has 1 heterocycles. The summed E-state index contributed by atoms with van der Waals surface area (Å²) in [6.45, 7) is 2.66. The van der Waals surface area contributed by atoms with Crippen LogP contribution in [0, 0.1) is 5.82 Å². The SMILES string of the molecule is COC(=O)Nc1cc(F)ccc1N1CCOCC1. The highest BCUT2D eigenvalue weighted by molar-refractivity contribution is 5.89. The summed E-state index contributed by atoms with van der Waals surface area (Å²) in [7, 11) is 1.27. The van der Waals surface area contributed by atoms with Gasteiger partial charge in [-0.15, -0.1) is 0 Å². The number of hydrogen-bond acceptors (Lipinski definition) is 4. The predicted molar refractivity (Wildman–Crippen MR) is 65.5 cm³/mol. The topological polar surface area (TPSA) is 50.8 Å². The lowest BCUT2D eigenvalue weighted by molar-refractivity contribution is 0.123. The molecule has 0 bridgehead atoms. The van der Waals surface area contributed by atoms with Gasteiger partial charge >= 0.3 is 6.09 Å². The third-order valence-corrected chi connectivity index (χ3v) is 2.73. The Bertz CT molecular complexity index is 433. The minimum absolute atomic E-state index is 0.404. The summed E-state index contributed by atoms with van der Waals surface area (Å²) < 4.78 is 23.0. The monoisotopic (exact) mass is 254 g/mol. The molecule has 98 valence electrons. The van der Waals surface area contributed by atoms with Crippen molar-refractivity contribution < 1.29 is 18.7 Å². The number of amides is 1. The summed E-state index contributed by atoms with van der Waals surface area (Å²) in [4.78, 5) is 13.3. The van der Waals surface area contributed by atoms with Gasteiger partial charge in [-0.2, -0.15) is 0 Å². The van der Waals surface area contributed by atoms with Crippen LogP contribution in [0.25, 0.3) is 0 Å². The summed E-state index contributed by atoms with van der Waals surface area (Å²) in [6, 6.07) is 4.29. The smallest absolute Gasteiger partial charge is 0.411 e. The Balaban J connectivity index is 2.24. The molecule has 0 radical (unpaired) electrons. The number of halogens is 1. The van der Waals surface area contributed by atoms with Crippen molar-refractivity contribution in [3.05, 3.63) is 24.0 Å². The molecule has 0 saturated carbocycles. The van der Waals surface area contributed by atoms with E-state index < -0.39 is 11.9 Å². The molecule has 0 aromatic heterocycles. The molecule has 1 N–H and O–H groups in total. The number of benzene rings is 1. The first-order valence-corrected chi connectivity index (χ1v) is 5.68. The maximum absolute atomic E-state index is 13.2. The van der Waals surface area contributed by atoms with E-state index in [0.717, 1.165) is 5.69 Å². The van der Waals surface area contributed by atoms with E-state index in [-0.39, 0.29) is 0 Å². The number of ether oxygens (including phenoxy) is 2. The predicted octanol–water partition coefficient (Wildman–Crippen LogP) is 1.84. The number of nitrogens with zero attached hydrogens (tertiary/aromatic N) is 1. The fourth-order valence-corrected chi connectivity index (χ4v) is 1.85. The van der Waals surface area contributed by atoms with E-state index in [2.05, 4.69) is 10.1 Å². The van der Waals surface area contributed by atoms with E-state index >= 15 is 0 Å². The second kappa shape index (κ2) is 5.68. The molecule has 18 heavy (non-hydrogen) atoms. The molecule has 1 aromatic rings. The van der Waals surface area contributed by atoms with Gasteiger partial charge in [-0.25, -0.2) is 9.18 Å². The summed E-state index contributed by atoms with van der Waals surface area (Å²) in [5.74, 6) is -0.404. The van der Waals surface area contributed by atoms with Gasteiger partial charge in [-0.3, -0.25) is 5.32 Å². The second-order valence-electron chi connectivity index (χ2n) is 3.88. The highest BCUT2D eigenvalue weighted by Crippen LogP contribution is 2.27. The van der Waals surface area contributed by atoms with Crippen molar-refractivity contribution in [1.82, 2.24) is 0 Å². The van der Waals surface area contributed by atoms with Gasteiger partial charge in [0, 0.05) is 13.1 Å². The molecule has 0 aliphatic carbocycles. The molecule has 1 fully saturated rings. The van der Waals surface area contributed by atoms with Gasteiger partial charge in [-0.1, -0.05) is 0 Å². The highest BCUT2D eigenvalue weighted by atomic mass is 19.1. The Morgan fingerprint density at radius 2 is 2.17 bits per heavy atom. The van der Waals surface area contributed by atoms with E-state index in [0.29, 0.717) is 32.0 Å². The minimum Gasteiger partial charge on any atom is -0.453 e. The van der Waals surface area contributed by atoms with Crippen LogP contribution in [0.3, 0.4) is 0 Å². The fourth-order valence-electron chi connectivity index (χ4n) is 1.85. The largest absolute Gasteiger partial charge is 0.453 e. The Morgan fingerprint density at radius 1 is 1.44 bits per heavy atom. The Labute approximate surface area is 104 Å². The molecule has 0 spiro atoms. The number of anilines is 2. The second-order valence-corrected chi connectivity index (χ2v) is 3.88. The summed E-state index contributed by atoms with van der Waals surface area (Å²) >= 11 is 0. The zero-order valence-corrected chi connectivity index (χ0v) is 10.1. The Kier molecular flexibility index (Phi) is 3.99. The van der Waals surface area contributed by atoms with Crippen LogP contribution in [-0.4, -0.2) is 39.5 Å². The van der Waals surface area contributed by atoms with Gasteiger partial charge in [0.2, 0.25) is 0 Å². The number of carbonyl (C=O) groups excluding carboxylic acids is 1. The quantitative estimate of drug-likeness (QED) is 0.875. The van der Waals surface area contributed by atoms with E-state index in [1.54, 1.807) is 6.07 Å². The van der Waals surface area contributed by atoms with Gasteiger partial charge in [0.15, 0.2) is 0 Å². The normalized spacial score (nSPS) is 15.3. The number of carbonyl (C=O) groups is 1. The molecule has 0 atom stereocenters. The zero-order valence-electron chi connectivity index (χ0n) is 10.1. The molecule has 1 aliphatic rings. The average molecular weight is 254 g/mol. The summed E-state index contributed by atoms with van der Waals surface area (Å²) in [5.41, 5.74) is 1.17. The lowest BCUT2D eigenvalue weighted by Crippen LogP contribution is -2.36. The maximum atomic E-state index is 13.2. The van der Waals surface area contributed by atoms with Gasteiger partial charge in [0.05, 0.1) is 31.7 Å². The number of rotatable bonds is 2. The van der Waals surface area contributed by atoms with Crippen LogP contribution in [0.2, 0.25) is 0 Å². The van der Waals surface area contributed by atoms with Crippen LogP contribution in [0.5, 0.6) is 0 Å². The number of nitrogens with one attached hydrogen (secondary N) is 1. The zero-order chi connectivity index (χ0) is 13.0. The van der Waals surface area contributed by atoms with Gasteiger partial charge in [0.1, 0.15) is 5.82 Å².